The highest BCUT2D eigenvalue weighted by Gasteiger charge is 2.20. The molecule has 0 radical (unpaired) electrons. The summed E-state index contributed by atoms with van der Waals surface area (Å²) in [6.45, 7) is 0. The normalized spacial score (nSPS) is 23.3. The van der Waals surface area contributed by atoms with Crippen LogP contribution in [0.4, 0.5) is 0 Å². The van der Waals surface area contributed by atoms with Crippen molar-refractivity contribution in [2.45, 2.75) is 63.4 Å². The molecular formula is C16H25NO3S. The maximum Gasteiger partial charge on any atom is 0.305 e. The minimum absolute atomic E-state index is 0.166. The second-order valence-corrected chi connectivity index (χ2v) is 6.56. The summed E-state index contributed by atoms with van der Waals surface area (Å²) in [7, 11) is 3.24. The summed E-state index contributed by atoms with van der Waals surface area (Å²) < 4.78 is 10.2. The summed E-state index contributed by atoms with van der Waals surface area (Å²) in [4.78, 5) is 15.9. The van der Waals surface area contributed by atoms with E-state index in [2.05, 4.69) is 10.1 Å². The highest BCUT2D eigenvalue weighted by atomic mass is 32.1. The third-order valence-corrected chi connectivity index (χ3v) is 5.28. The first-order valence-corrected chi connectivity index (χ1v) is 8.64. The maximum atomic E-state index is 11.2. The Morgan fingerprint density at radius 1 is 1.29 bits per heavy atom. The van der Waals surface area contributed by atoms with Crippen LogP contribution < -0.4 is 0 Å². The highest BCUT2D eigenvalue weighted by molar-refractivity contribution is 7.09. The molecule has 0 spiro atoms. The summed E-state index contributed by atoms with van der Waals surface area (Å²) in [5, 5.41) is 3.33. The van der Waals surface area contributed by atoms with Gasteiger partial charge in [0, 0.05) is 24.8 Å². The van der Waals surface area contributed by atoms with Gasteiger partial charge in [0.1, 0.15) is 0 Å². The smallest absolute Gasteiger partial charge is 0.305 e. The van der Waals surface area contributed by atoms with Crippen LogP contribution in [0.3, 0.4) is 0 Å². The number of methoxy groups -OCH3 is 2. The fourth-order valence-electron chi connectivity index (χ4n) is 2.91. The van der Waals surface area contributed by atoms with Crippen molar-refractivity contribution in [3.8, 4) is 0 Å². The molecule has 0 N–H and O–H groups in total. The van der Waals surface area contributed by atoms with Crippen LogP contribution in [0.25, 0.3) is 0 Å². The third-order valence-electron chi connectivity index (χ3n) is 4.22. The van der Waals surface area contributed by atoms with Gasteiger partial charge in [-0.25, -0.2) is 4.98 Å². The SMILES string of the molecule is COC(=O)CCc1csc(C2CCCC(OC)CCC2)n1. The number of nitrogens with zero attached hydrogens (tertiary/aromatic N) is 1. The molecule has 21 heavy (non-hydrogen) atoms. The van der Waals surface area contributed by atoms with Gasteiger partial charge in [-0.1, -0.05) is 12.8 Å². The lowest BCUT2D eigenvalue weighted by atomic mass is 9.90. The second-order valence-electron chi connectivity index (χ2n) is 5.67. The van der Waals surface area contributed by atoms with Gasteiger partial charge in [-0.15, -0.1) is 11.3 Å². The summed E-state index contributed by atoms with van der Waals surface area (Å²) in [5.41, 5.74) is 1.03. The van der Waals surface area contributed by atoms with E-state index >= 15 is 0 Å². The topological polar surface area (TPSA) is 48.4 Å². The Morgan fingerprint density at radius 3 is 2.62 bits per heavy atom. The largest absolute Gasteiger partial charge is 0.469 e. The molecule has 1 aliphatic carbocycles. The van der Waals surface area contributed by atoms with E-state index in [0.29, 0.717) is 24.9 Å². The van der Waals surface area contributed by atoms with Gasteiger partial charge in [-0.3, -0.25) is 4.79 Å². The van der Waals surface area contributed by atoms with Crippen molar-refractivity contribution in [1.29, 1.82) is 0 Å². The van der Waals surface area contributed by atoms with Crippen LogP contribution >= 0.6 is 11.3 Å². The van der Waals surface area contributed by atoms with Crippen LogP contribution in [0.1, 0.15) is 61.6 Å². The van der Waals surface area contributed by atoms with Crippen molar-refractivity contribution >= 4 is 17.3 Å². The molecule has 0 amide bonds. The number of hydrogen-bond donors (Lipinski definition) is 0. The van der Waals surface area contributed by atoms with Gasteiger partial charge in [-0.2, -0.15) is 0 Å². The molecule has 118 valence electrons. The number of rotatable bonds is 5. The summed E-state index contributed by atoms with van der Waals surface area (Å²) in [5.74, 6) is 0.417. The molecule has 1 aliphatic rings. The van der Waals surface area contributed by atoms with Crippen LogP contribution in [0.5, 0.6) is 0 Å². The molecule has 0 bridgehead atoms. The van der Waals surface area contributed by atoms with Gasteiger partial charge >= 0.3 is 5.97 Å². The average Bonchev–Trinajstić information content (AvgIpc) is 2.93. The number of carbonyl (C=O) groups is 1. The molecule has 1 saturated carbocycles. The summed E-state index contributed by atoms with van der Waals surface area (Å²) >= 11 is 1.74. The number of aromatic nitrogens is 1. The Morgan fingerprint density at radius 2 is 2.00 bits per heavy atom. The average molecular weight is 311 g/mol. The van der Waals surface area contributed by atoms with E-state index in [1.54, 1.807) is 11.3 Å². The Kier molecular flexibility index (Phi) is 6.64. The molecule has 0 aromatic carbocycles. The number of thiazole rings is 1. The van der Waals surface area contributed by atoms with E-state index in [-0.39, 0.29) is 5.97 Å². The van der Waals surface area contributed by atoms with E-state index in [9.17, 15) is 4.79 Å². The predicted octanol–water partition coefficient (Wildman–Crippen LogP) is 3.70. The van der Waals surface area contributed by atoms with Gasteiger partial charge in [-0.05, 0) is 25.7 Å². The monoisotopic (exact) mass is 311 g/mol. The van der Waals surface area contributed by atoms with Crippen LogP contribution in [0.2, 0.25) is 0 Å². The Hall–Kier alpha value is -0.940. The minimum Gasteiger partial charge on any atom is -0.469 e. The first-order valence-electron chi connectivity index (χ1n) is 7.76. The first kappa shape index (κ1) is 16.4. The van der Waals surface area contributed by atoms with Crippen molar-refractivity contribution in [2.24, 2.45) is 0 Å². The molecule has 5 heteroatoms. The predicted molar refractivity (Wildman–Crippen MR) is 83.7 cm³/mol. The van der Waals surface area contributed by atoms with Crippen LogP contribution in [0, 0.1) is 0 Å². The van der Waals surface area contributed by atoms with E-state index < -0.39 is 0 Å². The molecule has 0 unspecified atom stereocenters. The number of ether oxygens (including phenoxy) is 2. The van der Waals surface area contributed by atoms with Gasteiger partial charge < -0.3 is 9.47 Å². The van der Waals surface area contributed by atoms with Crippen molar-refractivity contribution in [1.82, 2.24) is 4.98 Å². The molecule has 0 atom stereocenters. The molecule has 4 nitrogen and oxygen atoms in total. The zero-order valence-corrected chi connectivity index (χ0v) is 13.8. The molecule has 0 saturated heterocycles. The summed E-state index contributed by atoms with van der Waals surface area (Å²) in [6, 6.07) is 0. The molecule has 1 fully saturated rings. The molecule has 1 aromatic rings. The van der Waals surface area contributed by atoms with Gasteiger partial charge in [0.05, 0.1) is 30.3 Å². The Bertz CT molecular complexity index is 436. The van der Waals surface area contributed by atoms with Crippen molar-refractivity contribution in [3.05, 3.63) is 16.1 Å². The number of aryl methyl sites for hydroxylation is 1. The molecule has 1 heterocycles. The van der Waals surface area contributed by atoms with Crippen LogP contribution in [-0.2, 0) is 20.7 Å². The fourth-order valence-corrected chi connectivity index (χ4v) is 3.94. The fraction of sp³-hybridized carbons (Fsp3) is 0.750. The van der Waals surface area contributed by atoms with Gasteiger partial charge in [0.2, 0.25) is 0 Å². The van der Waals surface area contributed by atoms with Crippen LogP contribution in [0.15, 0.2) is 5.38 Å². The zero-order valence-electron chi connectivity index (χ0n) is 13.0. The zero-order chi connectivity index (χ0) is 15.1. The highest BCUT2D eigenvalue weighted by Crippen LogP contribution is 2.33. The lowest BCUT2D eigenvalue weighted by Crippen LogP contribution is -2.14. The number of hydrogen-bond acceptors (Lipinski definition) is 5. The van der Waals surface area contributed by atoms with Gasteiger partial charge in [0.15, 0.2) is 0 Å². The quantitative estimate of drug-likeness (QED) is 0.778. The van der Waals surface area contributed by atoms with Gasteiger partial charge in [0.25, 0.3) is 0 Å². The van der Waals surface area contributed by atoms with Crippen molar-refractivity contribution in [2.75, 3.05) is 14.2 Å². The first-order chi connectivity index (χ1) is 10.2. The number of esters is 1. The second kappa shape index (κ2) is 8.49. The summed E-state index contributed by atoms with van der Waals surface area (Å²) in [6.07, 6.45) is 8.68. The van der Waals surface area contributed by atoms with E-state index in [1.807, 2.05) is 7.11 Å². The number of carbonyl (C=O) groups excluding carboxylic acids is 1. The van der Waals surface area contributed by atoms with E-state index in [4.69, 9.17) is 9.72 Å². The molecular weight excluding hydrogens is 286 g/mol. The maximum absolute atomic E-state index is 11.2. The third kappa shape index (κ3) is 5.08. The lowest BCUT2D eigenvalue weighted by Gasteiger charge is -2.22. The molecule has 2 rings (SSSR count). The standard InChI is InChI=1S/C16H25NO3S/c1-19-14-7-3-5-12(6-4-8-14)16-17-13(11-21-16)9-10-15(18)20-2/h11-12,14H,3-10H2,1-2H3. The lowest BCUT2D eigenvalue weighted by molar-refractivity contribution is -0.140. The minimum atomic E-state index is -0.166. The van der Waals surface area contributed by atoms with E-state index in [0.717, 1.165) is 18.5 Å². The molecule has 1 aromatic heterocycles. The Balaban J connectivity index is 1.86. The Labute approximate surface area is 130 Å². The van der Waals surface area contributed by atoms with Crippen molar-refractivity contribution in [3.63, 3.8) is 0 Å². The molecule has 0 aliphatic heterocycles. The van der Waals surface area contributed by atoms with Crippen molar-refractivity contribution < 1.29 is 14.3 Å². The van der Waals surface area contributed by atoms with E-state index in [1.165, 1.54) is 37.8 Å². The van der Waals surface area contributed by atoms with Crippen LogP contribution in [-0.4, -0.2) is 31.3 Å².